The number of phenols is 1. The van der Waals surface area contributed by atoms with E-state index in [2.05, 4.69) is 11.4 Å². The standard InChI is InChI=1S/C15H21NO/c1-12-5-4-8-14(15(12)17)11-16-10-9-13-6-2-3-7-13/h4-6,8,16-17H,2-3,7,9-11H2,1H3. The predicted octanol–water partition coefficient (Wildman–Crippen LogP) is 3.29. The van der Waals surface area contributed by atoms with E-state index < -0.39 is 0 Å². The van der Waals surface area contributed by atoms with Crippen molar-refractivity contribution in [3.05, 3.63) is 41.0 Å². The third-order valence-corrected chi connectivity index (χ3v) is 3.39. The molecule has 92 valence electrons. The van der Waals surface area contributed by atoms with Crippen LogP contribution in [0.4, 0.5) is 0 Å². The van der Waals surface area contributed by atoms with Crippen molar-refractivity contribution in [3.8, 4) is 5.75 Å². The molecule has 0 unspecified atom stereocenters. The van der Waals surface area contributed by atoms with E-state index in [9.17, 15) is 5.11 Å². The second-order valence-electron chi connectivity index (χ2n) is 4.76. The molecule has 0 aliphatic heterocycles. The van der Waals surface area contributed by atoms with Crippen LogP contribution in [0, 0.1) is 6.92 Å². The topological polar surface area (TPSA) is 32.3 Å². The summed E-state index contributed by atoms with van der Waals surface area (Å²) in [4.78, 5) is 0. The summed E-state index contributed by atoms with van der Waals surface area (Å²) in [7, 11) is 0. The normalized spacial score (nSPS) is 15.0. The maximum absolute atomic E-state index is 9.86. The van der Waals surface area contributed by atoms with Gasteiger partial charge in [-0.25, -0.2) is 0 Å². The summed E-state index contributed by atoms with van der Waals surface area (Å²) in [5.41, 5.74) is 3.53. The number of aromatic hydroxyl groups is 1. The summed E-state index contributed by atoms with van der Waals surface area (Å²) in [6.07, 6.45) is 7.37. The average Bonchev–Trinajstić information content (AvgIpc) is 2.83. The molecule has 2 nitrogen and oxygen atoms in total. The largest absolute Gasteiger partial charge is 0.507 e. The molecule has 0 bridgehead atoms. The van der Waals surface area contributed by atoms with Crippen LogP contribution in [-0.4, -0.2) is 11.7 Å². The SMILES string of the molecule is Cc1cccc(CNCCC2=CCCC2)c1O. The highest BCUT2D eigenvalue weighted by Gasteiger charge is 2.05. The minimum atomic E-state index is 0.431. The number of aryl methyl sites for hydroxylation is 1. The smallest absolute Gasteiger partial charge is 0.122 e. The molecule has 0 atom stereocenters. The van der Waals surface area contributed by atoms with E-state index in [1.165, 1.54) is 19.3 Å². The zero-order valence-electron chi connectivity index (χ0n) is 10.5. The Morgan fingerprint density at radius 1 is 1.35 bits per heavy atom. The monoisotopic (exact) mass is 231 g/mol. The number of hydrogen-bond donors (Lipinski definition) is 2. The third kappa shape index (κ3) is 3.34. The summed E-state index contributed by atoms with van der Waals surface area (Å²) < 4.78 is 0. The predicted molar refractivity (Wildman–Crippen MR) is 71.1 cm³/mol. The molecule has 1 aromatic carbocycles. The van der Waals surface area contributed by atoms with Gasteiger partial charge >= 0.3 is 0 Å². The van der Waals surface area contributed by atoms with Crippen molar-refractivity contribution < 1.29 is 5.11 Å². The molecule has 0 spiro atoms. The highest BCUT2D eigenvalue weighted by Crippen LogP contribution is 2.22. The minimum absolute atomic E-state index is 0.431. The van der Waals surface area contributed by atoms with Crippen LogP contribution in [0.3, 0.4) is 0 Å². The van der Waals surface area contributed by atoms with Crippen LogP contribution in [0.1, 0.15) is 36.8 Å². The van der Waals surface area contributed by atoms with Crippen LogP contribution in [0.15, 0.2) is 29.8 Å². The van der Waals surface area contributed by atoms with Crippen LogP contribution < -0.4 is 5.32 Å². The number of hydrogen-bond acceptors (Lipinski definition) is 2. The van der Waals surface area contributed by atoms with Gasteiger partial charge in [0.15, 0.2) is 0 Å². The van der Waals surface area contributed by atoms with Gasteiger partial charge in [0.2, 0.25) is 0 Å². The Kier molecular flexibility index (Phi) is 4.21. The van der Waals surface area contributed by atoms with Gasteiger partial charge < -0.3 is 10.4 Å². The van der Waals surface area contributed by atoms with Crippen LogP contribution in [0.2, 0.25) is 0 Å². The molecule has 1 aliphatic carbocycles. The van der Waals surface area contributed by atoms with E-state index >= 15 is 0 Å². The second-order valence-corrected chi connectivity index (χ2v) is 4.76. The van der Waals surface area contributed by atoms with E-state index in [4.69, 9.17) is 0 Å². The zero-order valence-corrected chi connectivity index (χ0v) is 10.5. The lowest BCUT2D eigenvalue weighted by atomic mass is 10.1. The molecule has 2 heteroatoms. The van der Waals surface area contributed by atoms with Crippen LogP contribution in [0.25, 0.3) is 0 Å². The lowest BCUT2D eigenvalue weighted by Crippen LogP contribution is -2.15. The highest BCUT2D eigenvalue weighted by molar-refractivity contribution is 5.39. The number of rotatable bonds is 5. The van der Waals surface area contributed by atoms with Crippen molar-refractivity contribution in [2.75, 3.05) is 6.54 Å². The fourth-order valence-electron chi connectivity index (χ4n) is 2.30. The van der Waals surface area contributed by atoms with Gasteiger partial charge in [-0.05, 0) is 44.7 Å². The quantitative estimate of drug-likeness (QED) is 0.602. The zero-order chi connectivity index (χ0) is 12.1. The van der Waals surface area contributed by atoms with E-state index in [0.717, 1.165) is 30.6 Å². The van der Waals surface area contributed by atoms with Gasteiger partial charge in [-0.3, -0.25) is 0 Å². The van der Waals surface area contributed by atoms with E-state index in [1.54, 1.807) is 5.57 Å². The van der Waals surface area contributed by atoms with Gasteiger partial charge in [-0.15, -0.1) is 0 Å². The molecule has 1 aromatic rings. The van der Waals surface area contributed by atoms with Crippen molar-refractivity contribution in [1.82, 2.24) is 5.32 Å². The fraction of sp³-hybridized carbons (Fsp3) is 0.467. The molecule has 2 rings (SSSR count). The molecule has 1 aliphatic rings. The lowest BCUT2D eigenvalue weighted by Gasteiger charge is -2.08. The van der Waals surface area contributed by atoms with Gasteiger partial charge in [0.1, 0.15) is 5.75 Å². The number of phenolic OH excluding ortho intramolecular Hbond substituents is 1. The molecule has 0 radical (unpaired) electrons. The molecular formula is C15H21NO. The van der Waals surface area contributed by atoms with E-state index in [-0.39, 0.29) is 0 Å². The lowest BCUT2D eigenvalue weighted by molar-refractivity contribution is 0.460. The summed E-state index contributed by atoms with van der Waals surface area (Å²) >= 11 is 0. The van der Waals surface area contributed by atoms with Gasteiger partial charge in [0.25, 0.3) is 0 Å². The number of nitrogens with one attached hydrogen (secondary N) is 1. The Bertz CT molecular complexity index is 409. The molecule has 0 saturated carbocycles. The van der Waals surface area contributed by atoms with Crippen molar-refractivity contribution >= 4 is 0 Å². The van der Waals surface area contributed by atoms with Gasteiger partial charge in [-0.2, -0.15) is 0 Å². The molecule has 0 saturated heterocycles. The van der Waals surface area contributed by atoms with Gasteiger partial charge in [0, 0.05) is 12.1 Å². The minimum Gasteiger partial charge on any atom is -0.507 e. The Morgan fingerprint density at radius 3 is 3.00 bits per heavy atom. The van der Waals surface area contributed by atoms with E-state index in [0.29, 0.717) is 5.75 Å². The van der Waals surface area contributed by atoms with E-state index in [1.807, 2.05) is 25.1 Å². The molecule has 2 N–H and O–H groups in total. The summed E-state index contributed by atoms with van der Waals surface area (Å²) in [5.74, 6) is 0.431. The Labute approximate surface area is 103 Å². The van der Waals surface area contributed by atoms with Crippen molar-refractivity contribution in [2.24, 2.45) is 0 Å². The molecule has 0 amide bonds. The van der Waals surface area contributed by atoms with Crippen molar-refractivity contribution in [1.29, 1.82) is 0 Å². The number of para-hydroxylation sites is 1. The first-order chi connectivity index (χ1) is 8.27. The average molecular weight is 231 g/mol. The van der Waals surface area contributed by atoms with Crippen LogP contribution in [-0.2, 0) is 6.54 Å². The summed E-state index contributed by atoms with van der Waals surface area (Å²) in [6.45, 7) is 3.68. The molecular weight excluding hydrogens is 210 g/mol. The first kappa shape index (κ1) is 12.2. The fourth-order valence-corrected chi connectivity index (χ4v) is 2.30. The Hall–Kier alpha value is -1.28. The summed E-state index contributed by atoms with van der Waals surface area (Å²) in [5, 5.41) is 13.3. The second kappa shape index (κ2) is 5.87. The maximum Gasteiger partial charge on any atom is 0.122 e. The van der Waals surface area contributed by atoms with Crippen molar-refractivity contribution in [3.63, 3.8) is 0 Å². The molecule has 0 aromatic heterocycles. The van der Waals surface area contributed by atoms with Crippen LogP contribution >= 0.6 is 0 Å². The maximum atomic E-state index is 9.86. The molecule has 0 heterocycles. The van der Waals surface area contributed by atoms with Crippen LogP contribution in [0.5, 0.6) is 5.75 Å². The molecule has 0 fully saturated rings. The number of allylic oxidation sites excluding steroid dienone is 1. The van der Waals surface area contributed by atoms with Gasteiger partial charge in [0.05, 0.1) is 0 Å². The Balaban J connectivity index is 1.76. The first-order valence-electron chi connectivity index (χ1n) is 6.43. The first-order valence-corrected chi connectivity index (χ1v) is 6.43. The summed E-state index contributed by atoms with van der Waals surface area (Å²) in [6, 6.07) is 5.90. The Morgan fingerprint density at radius 2 is 2.24 bits per heavy atom. The van der Waals surface area contributed by atoms with Crippen molar-refractivity contribution in [2.45, 2.75) is 39.2 Å². The third-order valence-electron chi connectivity index (χ3n) is 3.39. The molecule has 17 heavy (non-hydrogen) atoms. The number of benzene rings is 1. The highest BCUT2D eigenvalue weighted by atomic mass is 16.3. The van der Waals surface area contributed by atoms with Gasteiger partial charge in [-0.1, -0.05) is 29.8 Å².